The Morgan fingerprint density at radius 3 is 2.07 bits per heavy atom. The lowest BCUT2D eigenvalue weighted by Gasteiger charge is -2.06. The number of aromatic nitrogens is 3. The maximum atomic E-state index is 5.99. The highest BCUT2D eigenvalue weighted by Gasteiger charge is 2.64. The van der Waals surface area contributed by atoms with Gasteiger partial charge in [0.25, 0.3) is 0 Å². The van der Waals surface area contributed by atoms with Gasteiger partial charge in [-0.05, 0) is 35.3 Å². The predicted molar refractivity (Wildman–Crippen MR) is 60.8 cm³/mol. The minimum absolute atomic E-state index is 0.382. The highest BCUT2D eigenvalue weighted by Crippen LogP contribution is 2.68. The van der Waals surface area contributed by atoms with Gasteiger partial charge in [0.15, 0.2) is 0 Å². The van der Waals surface area contributed by atoms with Crippen molar-refractivity contribution in [2.45, 2.75) is 41.2 Å². The van der Waals surface area contributed by atoms with Crippen molar-refractivity contribution in [1.29, 1.82) is 0 Å². The second kappa shape index (κ2) is 2.97. The molecule has 1 heterocycles. The Kier molecular flexibility index (Phi) is 2.16. The molecule has 3 nitrogen and oxygen atoms in total. The van der Waals surface area contributed by atoms with Crippen LogP contribution in [0.25, 0.3) is 0 Å². The molecule has 1 fully saturated rings. The molecule has 0 spiro atoms. The van der Waals surface area contributed by atoms with Gasteiger partial charge in [-0.1, -0.05) is 27.7 Å². The first-order chi connectivity index (χ1) is 6.78. The van der Waals surface area contributed by atoms with Crippen molar-refractivity contribution < 1.29 is 0 Å². The minimum Gasteiger partial charge on any atom is -0.302 e. The number of rotatable bonds is 2. The van der Waals surface area contributed by atoms with E-state index in [-0.39, 0.29) is 0 Å². The van der Waals surface area contributed by atoms with Crippen LogP contribution in [-0.4, -0.2) is 14.8 Å². The molecular weight excluding hydrogens is 210 g/mol. The van der Waals surface area contributed by atoms with Crippen molar-refractivity contribution in [2.24, 2.45) is 16.7 Å². The molecule has 0 radical (unpaired) electrons. The molecule has 2 rings (SSSR count). The summed E-state index contributed by atoms with van der Waals surface area (Å²) in [5.41, 5.74) is 0.764. The first kappa shape index (κ1) is 10.9. The van der Waals surface area contributed by atoms with Gasteiger partial charge in [-0.2, -0.15) is 0 Å². The number of aryl methyl sites for hydroxylation is 1. The van der Waals surface area contributed by atoms with Crippen molar-refractivity contribution in [3.8, 4) is 0 Å². The van der Waals surface area contributed by atoms with Crippen LogP contribution in [0.1, 0.15) is 33.5 Å². The summed E-state index contributed by atoms with van der Waals surface area (Å²) in [7, 11) is 0. The lowest BCUT2D eigenvalue weighted by molar-refractivity contribution is 0.457. The van der Waals surface area contributed by atoms with E-state index in [1.54, 1.807) is 0 Å². The van der Waals surface area contributed by atoms with E-state index in [2.05, 4.69) is 37.9 Å². The Labute approximate surface area is 95.8 Å². The third-order valence-corrected chi connectivity index (χ3v) is 4.86. The Bertz CT molecular complexity index is 359. The summed E-state index contributed by atoms with van der Waals surface area (Å²) in [6.45, 7) is 12.1. The predicted octanol–water partition coefficient (Wildman–Crippen LogP) is 2.92. The van der Waals surface area contributed by atoms with Gasteiger partial charge in [-0.15, -0.1) is 10.2 Å². The third-order valence-electron chi connectivity index (χ3n) is 4.58. The molecule has 0 atom stereocenters. The average Bonchev–Trinajstić information content (AvgIpc) is 2.41. The summed E-state index contributed by atoms with van der Waals surface area (Å²) in [5, 5.41) is 8.35. The summed E-state index contributed by atoms with van der Waals surface area (Å²) in [6.07, 6.45) is 0. The first-order valence-corrected chi connectivity index (χ1v) is 5.71. The van der Waals surface area contributed by atoms with Crippen molar-refractivity contribution in [3.63, 3.8) is 0 Å². The van der Waals surface area contributed by atoms with Crippen LogP contribution >= 0.6 is 11.6 Å². The van der Waals surface area contributed by atoms with Crippen LogP contribution in [0.2, 0.25) is 5.28 Å². The van der Waals surface area contributed by atoms with Crippen LogP contribution in [-0.2, 0) is 6.54 Å². The average molecular weight is 228 g/mol. The zero-order valence-corrected chi connectivity index (χ0v) is 10.8. The molecule has 0 amide bonds. The number of nitrogens with zero attached hydrogens (tertiary/aromatic N) is 3. The fourth-order valence-corrected chi connectivity index (χ4v) is 2.76. The lowest BCUT2D eigenvalue weighted by atomic mass is 10.0. The van der Waals surface area contributed by atoms with E-state index >= 15 is 0 Å². The van der Waals surface area contributed by atoms with Crippen LogP contribution in [0.15, 0.2) is 0 Å². The van der Waals surface area contributed by atoms with Gasteiger partial charge in [0.2, 0.25) is 5.28 Å². The molecular formula is C11H18ClN3. The second-order valence-corrected chi connectivity index (χ2v) is 5.96. The van der Waals surface area contributed by atoms with Crippen molar-refractivity contribution >= 4 is 11.6 Å². The largest absolute Gasteiger partial charge is 0.302 e. The zero-order valence-electron chi connectivity index (χ0n) is 10.0. The molecule has 0 N–H and O–H groups in total. The molecule has 0 aromatic carbocycles. The van der Waals surface area contributed by atoms with Gasteiger partial charge in [0.05, 0.1) is 0 Å². The fraction of sp³-hybridized carbons (Fsp3) is 0.818. The summed E-state index contributed by atoms with van der Waals surface area (Å²) in [6, 6.07) is 0. The molecule has 1 aliphatic rings. The molecule has 1 aliphatic carbocycles. The maximum Gasteiger partial charge on any atom is 0.225 e. The molecule has 0 unspecified atom stereocenters. The summed E-state index contributed by atoms with van der Waals surface area (Å²) >= 11 is 5.99. The molecule has 0 saturated heterocycles. The lowest BCUT2D eigenvalue weighted by Crippen LogP contribution is -2.06. The van der Waals surface area contributed by atoms with Crippen molar-refractivity contribution in [2.75, 3.05) is 0 Å². The Morgan fingerprint density at radius 1 is 1.20 bits per heavy atom. The van der Waals surface area contributed by atoms with Crippen LogP contribution in [0.5, 0.6) is 0 Å². The Hall–Kier alpha value is -0.570. The fourth-order valence-electron chi connectivity index (χ4n) is 2.53. The van der Waals surface area contributed by atoms with Gasteiger partial charge in [-0.3, -0.25) is 0 Å². The van der Waals surface area contributed by atoms with Gasteiger partial charge in [-0.25, -0.2) is 0 Å². The molecule has 1 aromatic heterocycles. The molecule has 0 bridgehead atoms. The topological polar surface area (TPSA) is 30.7 Å². The van der Waals surface area contributed by atoms with E-state index in [9.17, 15) is 0 Å². The standard InChI is InChI=1S/C11H18ClN3/c1-7-13-14-9(12)15(7)6-8-10(2,3)11(8,4)5/h8H,6H2,1-5H3. The van der Waals surface area contributed by atoms with Gasteiger partial charge in [0, 0.05) is 6.54 Å². The van der Waals surface area contributed by atoms with Crippen molar-refractivity contribution in [1.82, 2.24) is 14.8 Å². The second-order valence-electron chi connectivity index (χ2n) is 5.62. The Balaban J connectivity index is 2.19. The quantitative estimate of drug-likeness (QED) is 0.778. The summed E-state index contributed by atoms with van der Waals surface area (Å²) in [5.74, 6) is 1.55. The van der Waals surface area contributed by atoms with E-state index in [1.165, 1.54) is 0 Å². The normalized spacial score (nSPS) is 23.1. The van der Waals surface area contributed by atoms with E-state index in [0.29, 0.717) is 22.0 Å². The Morgan fingerprint density at radius 2 is 1.73 bits per heavy atom. The highest BCUT2D eigenvalue weighted by molar-refractivity contribution is 6.28. The van der Waals surface area contributed by atoms with Crippen LogP contribution < -0.4 is 0 Å². The highest BCUT2D eigenvalue weighted by atomic mass is 35.5. The van der Waals surface area contributed by atoms with E-state index < -0.39 is 0 Å². The monoisotopic (exact) mass is 227 g/mol. The minimum atomic E-state index is 0.382. The van der Waals surface area contributed by atoms with E-state index in [4.69, 9.17) is 11.6 Å². The van der Waals surface area contributed by atoms with Gasteiger partial charge in [0.1, 0.15) is 5.82 Å². The molecule has 0 aliphatic heterocycles. The van der Waals surface area contributed by atoms with E-state index in [0.717, 1.165) is 12.4 Å². The van der Waals surface area contributed by atoms with Crippen molar-refractivity contribution in [3.05, 3.63) is 11.1 Å². The molecule has 1 aromatic rings. The summed E-state index contributed by atoms with van der Waals surface area (Å²) < 4.78 is 2.00. The summed E-state index contributed by atoms with van der Waals surface area (Å²) in [4.78, 5) is 0. The number of hydrogen-bond donors (Lipinski definition) is 0. The van der Waals surface area contributed by atoms with Crippen LogP contribution in [0.4, 0.5) is 0 Å². The molecule has 84 valence electrons. The van der Waals surface area contributed by atoms with E-state index in [1.807, 2.05) is 11.5 Å². The third kappa shape index (κ3) is 1.40. The maximum absolute atomic E-state index is 5.99. The molecule has 1 saturated carbocycles. The zero-order chi connectivity index (χ0) is 11.4. The molecule has 4 heteroatoms. The van der Waals surface area contributed by atoms with Crippen LogP contribution in [0, 0.1) is 23.7 Å². The number of hydrogen-bond acceptors (Lipinski definition) is 2. The molecule has 15 heavy (non-hydrogen) atoms. The van der Waals surface area contributed by atoms with Crippen LogP contribution in [0.3, 0.4) is 0 Å². The van der Waals surface area contributed by atoms with Gasteiger partial charge < -0.3 is 4.57 Å². The first-order valence-electron chi connectivity index (χ1n) is 5.34. The van der Waals surface area contributed by atoms with Gasteiger partial charge >= 0.3 is 0 Å². The smallest absolute Gasteiger partial charge is 0.225 e. The SMILES string of the molecule is Cc1nnc(Cl)n1CC1C(C)(C)C1(C)C. The number of halogens is 1.